The third-order valence-electron chi connectivity index (χ3n) is 2.67. The third kappa shape index (κ3) is 3.67. The summed E-state index contributed by atoms with van der Waals surface area (Å²) in [6.07, 6.45) is 0. The third-order valence-corrected chi connectivity index (χ3v) is 6.96. The number of aliphatic hydroxyl groups is 1. The van der Waals surface area contributed by atoms with Gasteiger partial charge in [0.25, 0.3) is 0 Å². The highest BCUT2D eigenvalue weighted by atomic mass is 28.3. The molecule has 0 spiro atoms. The summed E-state index contributed by atoms with van der Waals surface area (Å²) in [5.41, 5.74) is 0.927. The largest absolute Gasteiger partial charge is 0.388 e. The first-order valence-electron chi connectivity index (χ1n) is 5.17. The Morgan fingerprint density at radius 3 is 1.64 bits per heavy atom. The molecule has 1 atom stereocenters. The molecule has 2 nitrogen and oxygen atoms in total. The molecule has 84 valence electrons. The SMILES string of the molecule is CC(=N[Si](C)(C)C)C(C)(O)[Si](C)(C)C. The molecule has 14 heavy (non-hydrogen) atoms. The molecule has 0 rings (SSSR count). The van der Waals surface area contributed by atoms with E-state index >= 15 is 0 Å². The van der Waals surface area contributed by atoms with Gasteiger partial charge in [0, 0.05) is 5.71 Å². The van der Waals surface area contributed by atoms with E-state index in [9.17, 15) is 5.11 Å². The highest BCUT2D eigenvalue weighted by Gasteiger charge is 2.40. The number of hydrogen-bond acceptors (Lipinski definition) is 2. The molecule has 0 aromatic rings. The second kappa shape index (κ2) is 3.91. The normalized spacial score (nSPS) is 19.4. The van der Waals surface area contributed by atoms with Gasteiger partial charge >= 0.3 is 0 Å². The molecule has 4 heteroatoms. The summed E-state index contributed by atoms with van der Waals surface area (Å²) in [7, 11) is -3.06. The maximum Gasteiger partial charge on any atom is 0.172 e. The lowest BCUT2D eigenvalue weighted by Gasteiger charge is -2.36. The van der Waals surface area contributed by atoms with Crippen LogP contribution in [0.2, 0.25) is 39.3 Å². The Morgan fingerprint density at radius 1 is 1.07 bits per heavy atom. The van der Waals surface area contributed by atoms with E-state index in [-0.39, 0.29) is 0 Å². The fourth-order valence-electron chi connectivity index (χ4n) is 1.15. The van der Waals surface area contributed by atoms with Crippen molar-refractivity contribution in [3.63, 3.8) is 0 Å². The molecule has 0 radical (unpaired) electrons. The van der Waals surface area contributed by atoms with Crippen LogP contribution < -0.4 is 0 Å². The van der Waals surface area contributed by atoms with Crippen molar-refractivity contribution >= 4 is 22.0 Å². The first-order valence-corrected chi connectivity index (χ1v) is 12.1. The van der Waals surface area contributed by atoms with Crippen LogP contribution in [0.4, 0.5) is 0 Å². The highest BCUT2D eigenvalue weighted by Crippen LogP contribution is 2.23. The molecule has 0 heterocycles. The molecule has 1 unspecified atom stereocenters. The van der Waals surface area contributed by atoms with Crippen LogP contribution in [0.15, 0.2) is 4.66 Å². The van der Waals surface area contributed by atoms with E-state index in [2.05, 4.69) is 43.9 Å². The lowest BCUT2D eigenvalue weighted by Crippen LogP contribution is -2.55. The van der Waals surface area contributed by atoms with Crippen molar-refractivity contribution in [1.82, 2.24) is 0 Å². The van der Waals surface area contributed by atoms with Crippen molar-refractivity contribution in [2.75, 3.05) is 0 Å². The molecular weight excluding hydrogens is 206 g/mol. The summed E-state index contributed by atoms with van der Waals surface area (Å²) in [6.45, 7) is 17.0. The average molecular weight is 231 g/mol. The maximum atomic E-state index is 10.4. The Bertz CT molecular complexity index is 233. The van der Waals surface area contributed by atoms with Gasteiger partial charge in [-0.2, -0.15) is 0 Å². The van der Waals surface area contributed by atoms with E-state index < -0.39 is 21.5 Å². The van der Waals surface area contributed by atoms with Crippen LogP contribution in [0.3, 0.4) is 0 Å². The van der Waals surface area contributed by atoms with Gasteiger partial charge in [-0.05, 0) is 33.5 Å². The highest BCUT2D eigenvalue weighted by molar-refractivity contribution is 6.83. The lowest BCUT2D eigenvalue weighted by molar-refractivity contribution is 0.206. The first kappa shape index (κ1) is 14.1. The second-order valence-electron chi connectivity index (χ2n) is 6.19. The fraction of sp³-hybridized carbons (Fsp3) is 0.900. The predicted octanol–water partition coefficient (Wildman–Crippen LogP) is 2.91. The standard InChI is InChI=1S/C10H25NOSi2/c1-9(11-14(6,7)8)10(2,12)13(3,4)5/h12H,1-8H3. The molecule has 0 bridgehead atoms. The van der Waals surface area contributed by atoms with E-state index in [1.807, 2.05) is 13.8 Å². The Balaban J connectivity index is 5.04. The molecule has 0 aromatic carbocycles. The van der Waals surface area contributed by atoms with Crippen molar-refractivity contribution in [1.29, 1.82) is 0 Å². The van der Waals surface area contributed by atoms with E-state index in [4.69, 9.17) is 0 Å². The monoisotopic (exact) mass is 231 g/mol. The van der Waals surface area contributed by atoms with Crippen molar-refractivity contribution in [3.8, 4) is 0 Å². The van der Waals surface area contributed by atoms with Crippen LogP contribution in [0.25, 0.3) is 0 Å². The zero-order valence-corrected chi connectivity index (χ0v) is 12.9. The Hall–Kier alpha value is 0.0638. The quantitative estimate of drug-likeness (QED) is 0.588. The summed E-state index contributed by atoms with van der Waals surface area (Å²) < 4.78 is 4.69. The van der Waals surface area contributed by atoms with Gasteiger partial charge in [0.2, 0.25) is 0 Å². The van der Waals surface area contributed by atoms with Crippen LogP contribution in [-0.4, -0.2) is 32.4 Å². The van der Waals surface area contributed by atoms with Crippen LogP contribution >= 0.6 is 0 Å². The fourth-order valence-corrected chi connectivity index (χ4v) is 3.63. The van der Waals surface area contributed by atoms with Crippen LogP contribution in [0.1, 0.15) is 13.8 Å². The Morgan fingerprint density at radius 2 is 1.43 bits per heavy atom. The minimum absolute atomic E-state index is 0.673. The van der Waals surface area contributed by atoms with Gasteiger partial charge < -0.3 is 9.76 Å². The van der Waals surface area contributed by atoms with E-state index in [0.29, 0.717) is 0 Å². The lowest BCUT2D eigenvalue weighted by atomic mass is 10.3. The Kier molecular flexibility index (Phi) is 3.92. The smallest absolute Gasteiger partial charge is 0.172 e. The van der Waals surface area contributed by atoms with Gasteiger partial charge in [0.1, 0.15) is 0 Å². The van der Waals surface area contributed by atoms with E-state index in [0.717, 1.165) is 5.71 Å². The number of hydrogen-bond donors (Lipinski definition) is 1. The number of nitrogens with zero attached hydrogens (tertiary/aromatic N) is 1. The summed E-state index contributed by atoms with van der Waals surface area (Å²) in [6, 6.07) is 0. The van der Waals surface area contributed by atoms with Crippen molar-refractivity contribution in [2.45, 2.75) is 58.4 Å². The summed E-state index contributed by atoms with van der Waals surface area (Å²) in [5.74, 6) is 0. The van der Waals surface area contributed by atoms with Crippen LogP contribution in [-0.2, 0) is 0 Å². The molecule has 0 amide bonds. The topological polar surface area (TPSA) is 32.6 Å². The summed E-state index contributed by atoms with van der Waals surface area (Å²) >= 11 is 0. The molecule has 0 saturated heterocycles. The number of rotatable bonds is 3. The summed E-state index contributed by atoms with van der Waals surface area (Å²) in [5, 5.41) is 9.76. The van der Waals surface area contributed by atoms with Gasteiger partial charge in [-0.1, -0.05) is 19.6 Å². The van der Waals surface area contributed by atoms with Gasteiger partial charge in [0.05, 0.1) is 13.3 Å². The molecule has 0 aliphatic carbocycles. The molecule has 0 fully saturated rings. The van der Waals surface area contributed by atoms with Gasteiger partial charge in [-0.15, -0.1) is 0 Å². The zero-order chi connectivity index (χ0) is 11.8. The van der Waals surface area contributed by atoms with E-state index in [1.54, 1.807) is 0 Å². The molecular formula is C10H25NOSi2. The molecule has 0 aromatic heterocycles. The van der Waals surface area contributed by atoms with Crippen molar-refractivity contribution < 1.29 is 5.11 Å². The maximum absolute atomic E-state index is 10.4. The zero-order valence-electron chi connectivity index (χ0n) is 10.9. The average Bonchev–Trinajstić information content (AvgIpc) is 1.80. The molecule has 1 N–H and O–H groups in total. The first-order chi connectivity index (χ1) is 5.88. The molecule has 0 saturated carbocycles. The minimum atomic E-state index is -1.60. The predicted molar refractivity (Wildman–Crippen MR) is 70.4 cm³/mol. The van der Waals surface area contributed by atoms with Crippen molar-refractivity contribution in [2.24, 2.45) is 4.66 Å². The Labute approximate surface area is 90.6 Å². The van der Waals surface area contributed by atoms with Gasteiger partial charge in [-0.25, -0.2) is 0 Å². The molecule has 0 aliphatic rings. The molecule has 0 aliphatic heterocycles. The summed E-state index contributed by atoms with van der Waals surface area (Å²) in [4.78, 5) is 0. The van der Waals surface area contributed by atoms with Gasteiger partial charge in [-0.3, -0.25) is 0 Å². The second-order valence-corrected chi connectivity index (χ2v) is 16.2. The van der Waals surface area contributed by atoms with Crippen LogP contribution in [0, 0.1) is 0 Å². The minimum Gasteiger partial charge on any atom is -0.388 e. The van der Waals surface area contributed by atoms with E-state index in [1.165, 1.54) is 0 Å². The van der Waals surface area contributed by atoms with Crippen molar-refractivity contribution in [3.05, 3.63) is 0 Å². The van der Waals surface area contributed by atoms with Crippen LogP contribution in [0.5, 0.6) is 0 Å². The van der Waals surface area contributed by atoms with Gasteiger partial charge in [0.15, 0.2) is 8.24 Å².